The number of hydrogen-bond acceptors (Lipinski definition) is 3. The highest BCUT2D eigenvalue weighted by Crippen LogP contribution is 2.14. The Bertz CT molecular complexity index is 221. The molecule has 1 heterocycles. The van der Waals surface area contributed by atoms with Crippen molar-refractivity contribution in [1.29, 1.82) is 0 Å². The average molecular weight is 214 g/mol. The molecule has 3 amide bonds. The summed E-state index contributed by atoms with van der Waals surface area (Å²) in [4.78, 5) is 23.8. The van der Waals surface area contributed by atoms with Gasteiger partial charge in [-0.1, -0.05) is 13.3 Å². The maximum atomic E-state index is 11.3. The van der Waals surface area contributed by atoms with Crippen molar-refractivity contribution in [1.82, 2.24) is 10.2 Å². The highest BCUT2D eigenvalue weighted by molar-refractivity contribution is 6.01. The Morgan fingerprint density at radius 1 is 1.47 bits per heavy atom. The Labute approximate surface area is 89.4 Å². The summed E-state index contributed by atoms with van der Waals surface area (Å²) in [7, 11) is 0. The van der Waals surface area contributed by atoms with E-state index in [4.69, 9.17) is 5.11 Å². The summed E-state index contributed by atoms with van der Waals surface area (Å²) in [5.41, 5.74) is 0. The molecule has 0 aromatic carbocycles. The van der Waals surface area contributed by atoms with E-state index >= 15 is 0 Å². The predicted octanol–water partition coefficient (Wildman–Crippen LogP) is 0.337. The maximum absolute atomic E-state index is 11.3. The van der Waals surface area contributed by atoms with Crippen molar-refractivity contribution >= 4 is 11.9 Å². The molecule has 0 aliphatic carbocycles. The van der Waals surface area contributed by atoms with E-state index in [0.717, 1.165) is 12.8 Å². The molecular weight excluding hydrogens is 196 g/mol. The minimum absolute atomic E-state index is 0.105. The van der Waals surface area contributed by atoms with Gasteiger partial charge in [0.2, 0.25) is 5.91 Å². The van der Waals surface area contributed by atoms with Gasteiger partial charge in [-0.2, -0.15) is 0 Å². The number of amides is 3. The number of aliphatic hydroxyl groups is 1. The van der Waals surface area contributed by atoms with Gasteiger partial charge in [0, 0.05) is 13.2 Å². The summed E-state index contributed by atoms with van der Waals surface area (Å²) in [5.74, 6) is 0.0480. The lowest BCUT2D eigenvalue weighted by atomic mass is 10.00. The quantitative estimate of drug-likeness (QED) is 0.626. The lowest BCUT2D eigenvalue weighted by molar-refractivity contribution is -0.125. The largest absolute Gasteiger partial charge is 0.396 e. The minimum Gasteiger partial charge on any atom is -0.396 e. The molecule has 1 rings (SSSR count). The van der Waals surface area contributed by atoms with Crippen molar-refractivity contribution < 1.29 is 14.7 Å². The van der Waals surface area contributed by atoms with Crippen molar-refractivity contribution in [2.24, 2.45) is 5.92 Å². The third-order valence-electron chi connectivity index (χ3n) is 2.61. The number of nitrogens with zero attached hydrogens (tertiary/aromatic N) is 1. The van der Waals surface area contributed by atoms with Gasteiger partial charge in [0.1, 0.15) is 0 Å². The van der Waals surface area contributed by atoms with Gasteiger partial charge < -0.3 is 10.4 Å². The van der Waals surface area contributed by atoms with Crippen LogP contribution in [0.3, 0.4) is 0 Å². The van der Waals surface area contributed by atoms with Gasteiger partial charge in [0.05, 0.1) is 6.54 Å². The van der Waals surface area contributed by atoms with Crippen LogP contribution >= 0.6 is 0 Å². The fraction of sp³-hybridized carbons (Fsp3) is 0.800. The van der Waals surface area contributed by atoms with Crippen molar-refractivity contribution in [2.75, 3.05) is 19.7 Å². The van der Waals surface area contributed by atoms with Gasteiger partial charge in [0.25, 0.3) is 0 Å². The molecule has 1 aliphatic rings. The molecule has 1 saturated heterocycles. The molecule has 0 radical (unpaired) electrons. The van der Waals surface area contributed by atoms with Gasteiger partial charge in [-0.25, -0.2) is 4.79 Å². The first-order valence-corrected chi connectivity index (χ1v) is 5.38. The first-order chi connectivity index (χ1) is 7.19. The minimum atomic E-state index is -0.306. The van der Waals surface area contributed by atoms with Gasteiger partial charge in [-0.3, -0.25) is 9.69 Å². The highest BCUT2D eigenvalue weighted by Gasteiger charge is 2.29. The third kappa shape index (κ3) is 3.20. The third-order valence-corrected chi connectivity index (χ3v) is 2.61. The van der Waals surface area contributed by atoms with E-state index in [1.165, 1.54) is 4.90 Å². The Hall–Kier alpha value is -1.10. The molecular formula is C10H18N2O3. The summed E-state index contributed by atoms with van der Waals surface area (Å²) in [6.45, 7) is 2.69. The fourth-order valence-corrected chi connectivity index (χ4v) is 1.82. The smallest absolute Gasteiger partial charge is 0.324 e. The Morgan fingerprint density at radius 3 is 2.67 bits per heavy atom. The Balaban J connectivity index is 2.48. The molecule has 1 atom stereocenters. The molecule has 1 unspecified atom stereocenters. The topological polar surface area (TPSA) is 69.6 Å². The van der Waals surface area contributed by atoms with E-state index in [2.05, 4.69) is 12.2 Å². The molecule has 0 spiro atoms. The summed E-state index contributed by atoms with van der Waals surface area (Å²) in [6.07, 6.45) is 2.57. The molecule has 0 bridgehead atoms. The molecule has 0 saturated carbocycles. The van der Waals surface area contributed by atoms with Gasteiger partial charge in [-0.15, -0.1) is 0 Å². The number of hydrogen-bond donors (Lipinski definition) is 2. The van der Waals surface area contributed by atoms with E-state index in [-0.39, 0.29) is 31.0 Å². The molecule has 15 heavy (non-hydrogen) atoms. The number of carbonyl (C=O) groups is 2. The normalized spacial score (nSPS) is 18.1. The zero-order chi connectivity index (χ0) is 11.3. The maximum Gasteiger partial charge on any atom is 0.324 e. The van der Waals surface area contributed by atoms with Crippen LogP contribution in [0.5, 0.6) is 0 Å². The lowest BCUT2D eigenvalue weighted by Crippen LogP contribution is -2.35. The number of imide groups is 1. The predicted molar refractivity (Wildman–Crippen MR) is 55.2 cm³/mol. The number of nitrogens with one attached hydrogen (secondary N) is 1. The SMILES string of the molecule is CCCC(CCO)CN1C(=O)CNC1=O. The van der Waals surface area contributed by atoms with Crippen molar-refractivity contribution in [2.45, 2.75) is 26.2 Å². The first-order valence-electron chi connectivity index (χ1n) is 5.38. The Kier molecular flexibility index (Phi) is 4.55. The van der Waals surface area contributed by atoms with Crippen molar-refractivity contribution in [3.05, 3.63) is 0 Å². The average Bonchev–Trinajstić information content (AvgIpc) is 2.50. The standard InChI is InChI=1S/C10H18N2O3/c1-2-3-8(4-5-13)7-12-9(14)6-11-10(12)15/h8,13H,2-7H2,1H3,(H,11,15). The van der Waals surface area contributed by atoms with Crippen LogP contribution in [-0.2, 0) is 4.79 Å². The number of urea groups is 1. The van der Waals surface area contributed by atoms with Crippen LogP contribution in [0.25, 0.3) is 0 Å². The van der Waals surface area contributed by atoms with E-state index < -0.39 is 0 Å². The molecule has 0 aromatic rings. The zero-order valence-electron chi connectivity index (χ0n) is 9.03. The van der Waals surface area contributed by atoms with Gasteiger partial charge >= 0.3 is 6.03 Å². The zero-order valence-corrected chi connectivity index (χ0v) is 9.03. The van der Waals surface area contributed by atoms with Gasteiger partial charge in [-0.05, 0) is 18.8 Å². The summed E-state index contributed by atoms with van der Waals surface area (Å²) >= 11 is 0. The van der Waals surface area contributed by atoms with E-state index in [1.54, 1.807) is 0 Å². The van der Waals surface area contributed by atoms with Crippen LogP contribution in [0.2, 0.25) is 0 Å². The first kappa shape index (κ1) is 12.0. The molecule has 0 aromatic heterocycles. The molecule has 5 nitrogen and oxygen atoms in total. The Morgan fingerprint density at radius 2 is 2.20 bits per heavy atom. The van der Waals surface area contributed by atoms with Crippen molar-refractivity contribution in [3.8, 4) is 0 Å². The molecule has 1 aliphatic heterocycles. The monoisotopic (exact) mass is 214 g/mol. The second-order valence-corrected chi connectivity index (χ2v) is 3.83. The number of rotatable bonds is 6. The van der Waals surface area contributed by atoms with E-state index in [1.807, 2.05) is 0 Å². The summed E-state index contributed by atoms with van der Waals surface area (Å²) in [5, 5.41) is 11.3. The second kappa shape index (κ2) is 5.70. The highest BCUT2D eigenvalue weighted by atomic mass is 16.3. The summed E-state index contributed by atoms with van der Waals surface area (Å²) in [6, 6.07) is -0.306. The molecule has 5 heteroatoms. The number of aliphatic hydroxyl groups excluding tert-OH is 1. The van der Waals surface area contributed by atoms with E-state index in [9.17, 15) is 9.59 Å². The van der Waals surface area contributed by atoms with Crippen LogP contribution in [-0.4, -0.2) is 41.6 Å². The fourth-order valence-electron chi connectivity index (χ4n) is 1.82. The summed E-state index contributed by atoms with van der Waals surface area (Å²) < 4.78 is 0. The molecule has 1 fully saturated rings. The van der Waals surface area contributed by atoms with Crippen LogP contribution in [0.15, 0.2) is 0 Å². The van der Waals surface area contributed by atoms with E-state index in [0.29, 0.717) is 13.0 Å². The van der Waals surface area contributed by atoms with Crippen LogP contribution < -0.4 is 5.32 Å². The van der Waals surface area contributed by atoms with Crippen LogP contribution in [0.4, 0.5) is 4.79 Å². The van der Waals surface area contributed by atoms with Crippen LogP contribution in [0, 0.1) is 5.92 Å². The molecule has 86 valence electrons. The van der Waals surface area contributed by atoms with Crippen molar-refractivity contribution in [3.63, 3.8) is 0 Å². The van der Waals surface area contributed by atoms with Crippen LogP contribution in [0.1, 0.15) is 26.2 Å². The van der Waals surface area contributed by atoms with Gasteiger partial charge in [0.15, 0.2) is 0 Å². The lowest BCUT2D eigenvalue weighted by Gasteiger charge is -2.20. The second-order valence-electron chi connectivity index (χ2n) is 3.83. The number of carbonyl (C=O) groups excluding carboxylic acids is 2. The molecule has 2 N–H and O–H groups in total.